The quantitative estimate of drug-likeness (QED) is 0.165. The van der Waals surface area contributed by atoms with E-state index < -0.39 is 0 Å². The maximum absolute atomic E-state index is 9.50. The Morgan fingerprint density at radius 1 is 1.05 bits per heavy atom. The van der Waals surface area contributed by atoms with Crippen molar-refractivity contribution in [2.75, 3.05) is 19.6 Å². The van der Waals surface area contributed by atoms with Gasteiger partial charge in [-0.05, 0) is 62.4 Å². The molecule has 5 heteroatoms. The standard InChI is InChI=1S/C34H49N5/c1-6-10-11-14-27(13-7-2)36-31-18-21-38(19-8-3)23-30(31)33(35)29-15-12-20-39-24-32(37-34(29)39)28-17-16-26(9-4)22-25(28)5/h12,15-17,20,22,24,27,35-36H,6-11,13-14,18-19,21,23H2,1-5H3. The summed E-state index contributed by atoms with van der Waals surface area (Å²) in [5, 5.41) is 13.5. The third-order valence-electron chi connectivity index (χ3n) is 8.16. The molecule has 2 N–H and O–H groups in total. The Hall–Kier alpha value is -2.92. The molecule has 0 saturated heterocycles. The summed E-state index contributed by atoms with van der Waals surface area (Å²) in [5.74, 6) is 0. The average Bonchev–Trinajstić information content (AvgIpc) is 3.38. The van der Waals surface area contributed by atoms with Gasteiger partial charge in [0.15, 0.2) is 0 Å². The molecular formula is C34H49N5. The lowest BCUT2D eigenvalue weighted by molar-refractivity contribution is 0.282. The molecule has 1 unspecified atom stereocenters. The van der Waals surface area contributed by atoms with Gasteiger partial charge in [-0.1, -0.05) is 71.6 Å². The number of aryl methyl sites for hydroxylation is 2. The number of imidazole rings is 1. The van der Waals surface area contributed by atoms with E-state index in [0.29, 0.717) is 11.8 Å². The van der Waals surface area contributed by atoms with E-state index in [1.165, 1.54) is 55.3 Å². The fourth-order valence-corrected chi connectivity index (χ4v) is 5.97. The zero-order valence-electron chi connectivity index (χ0n) is 24.9. The molecule has 0 amide bonds. The summed E-state index contributed by atoms with van der Waals surface area (Å²) in [7, 11) is 0. The summed E-state index contributed by atoms with van der Waals surface area (Å²) in [6.45, 7) is 14.1. The highest BCUT2D eigenvalue weighted by Gasteiger charge is 2.25. The first-order chi connectivity index (χ1) is 19.0. The topological polar surface area (TPSA) is 56.4 Å². The summed E-state index contributed by atoms with van der Waals surface area (Å²) in [6.07, 6.45) is 14.7. The van der Waals surface area contributed by atoms with Gasteiger partial charge in [-0.25, -0.2) is 4.98 Å². The van der Waals surface area contributed by atoms with Crippen molar-refractivity contribution in [1.82, 2.24) is 19.6 Å². The highest BCUT2D eigenvalue weighted by Crippen LogP contribution is 2.28. The first-order valence-corrected chi connectivity index (χ1v) is 15.4. The molecule has 4 rings (SSSR count). The highest BCUT2D eigenvalue weighted by atomic mass is 15.1. The normalized spacial score (nSPS) is 15.2. The number of benzene rings is 1. The van der Waals surface area contributed by atoms with Crippen LogP contribution in [0.2, 0.25) is 0 Å². The van der Waals surface area contributed by atoms with Crippen molar-refractivity contribution in [3.8, 4) is 11.3 Å². The Morgan fingerprint density at radius 2 is 1.90 bits per heavy atom. The summed E-state index contributed by atoms with van der Waals surface area (Å²) >= 11 is 0. The maximum atomic E-state index is 9.50. The van der Waals surface area contributed by atoms with E-state index in [1.54, 1.807) is 0 Å². The lowest BCUT2D eigenvalue weighted by atomic mass is 9.95. The van der Waals surface area contributed by atoms with Crippen molar-refractivity contribution >= 4 is 11.4 Å². The smallest absolute Gasteiger partial charge is 0.146 e. The van der Waals surface area contributed by atoms with Crippen LogP contribution in [0.5, 0.6) is 0 Å². The van der Waals surface area contributed by atoms with Crippen molar-refractivity contribution in [1.29, 1.82) is 5.41 Å². The van der Waals surface area contributed by atoms with Gasteiger partial charge in [0.25, 0.3) is 0 Å². The summed E-state index contributed by atoms with van der Waals surface area (Å²) in [4.78, 5) is 7.61. The van der Waals surface area contributed by atoms with Gasteiger partial charge in [-0.3, -0.25) is 10.3 Å². The SMILES string of the molecule is CCCCCC(CCC)NC1=C(C(=N)c2cccn3cc(-c4ccc(CC)cc4C)nc23)CN(CCC)CC1. The van der Waals surface area contributed by atoms with Crippen molar-refractivity contribution in [2.24, 2.45) is 0 Å². The van der Waals surface area contributed by atoms with Crippen LogP contribution < -0.4 is 5.32 Å². The molecule has 2 aromatic heterocycles. The minimum Gasteiger partial charge on any atom is -0.385 e. The van der Waals surface area contributed by atoms with Crippen molar-refractivity contribution in [2.45, 2.75) is 98.4 Å². The molecule has 39 heavy (non-hydrogen) atoms. The van der Waals surface area contributed by atoms with E-state index in [4.69, 9.17) is 4.98 Å². The average molecular weight is 528 g/mol. The van der Waals surface area contributed by atoms with Crippen LogP contribution in [0, 0.1) is 12.3 Å². The molecule has 1 aliphatic rings. The fraction of sp³-hybridized carbons (Fsp3) is 0.529. The van der Waals surface area contributed by atoms with Gasteiger partial charge >= 0.3 is 0 Å². The molecule has 1 atom stereocenters. The summed E-state index contributed by atoms with van der Waals surface area (Å²) in [5.41, 5.74) is 9.54. The zero-order valence-corrected chi connectivity index (χ0v) is 24.9. The second-order valence-electron chi connectivity index (χ2n) is 11.3. The van der Waals surface area contributed by atoms with E-state index in [-0.39, 0.29) is 0 Å². The molecule has 3 aromatic rings. The zero-order chi connectivity index (χ0) is 27.8. The number of hydrogen-bond donors (Lipinski definition) is 2. The number of nitrogens with one attached hydrogen (secondary N) is 2. The second-order valence-corrected chi connectivity index (χ2v) is 11.3. The van der Waals surface area contributed by atoms with Crippen LogP contribution in [0.15, 0.2) is 54.0 Å². The molecule has 0 saturated carbocycles. The highest BCUT2D eigenvalue weighted by molar-refractivity contribution is 6.14. The maximum Gasteiger partial charge on any atom is 0.146 e. The summed E-state index contributed by atoms with van der Waals surface area (Å²) < 4.78 is 2.09. The predicted molar refractivity (Wildman–Crippen MR) is 166 cm³/mol. The Bertz CT molecular complexity index is 1280. The van der Waals surface area contributed by atoms with Gasteiger partial charge < -0.3 is 9.72 Å². The van der Waals surface area contributed by atoms with Crippen LogP contribution >= 0.6 is 0 Å². The van der Waals surface area contributed by atoms with E-state index in [1.807, 2.05) is 0 Å². The number of rotatable bonds is 14. The second kappa shape index (κ2) is 13.9. The largest absolute Gasteiger partial charge is 0.385 e. The molecule has 3 heterocycles. The molecule has 1 aliphatic heterocycles. The molecule has 0 bridgehead atoms. The lowest BCUT2D eigenvalue weighted by Crippen LogP contribution is -2.40. The number of aromatic nitrogens is 2. The molecule has 210 valence electrons. The Labute approximate surface area is 236 Å². The van der Waals surface area contributed by atoms with E-state index >= 15 is 0 Å². The minimum atomic E-state index is 0.486. The molecule has 0 spiro atoms. The molecule has 0 radical (unpaired) electrons. The molecule has 0 fully saturated rings. The van der Waals surface area contributed by atoms with Gasteiger partial charge in [0.05, 0.1) is 11.4 Å². The number of unbranched alkanes of at least 4 members (excludes halogenated alkanes) is 2. The van der Waals surface area contributed by atoms with Gasteiger partial charge in [0, 0.05) is 60.3 Å². The molecular weight excluding hydrogens is 478 g/mol. The first-order valence-electron chi connectivity index (χ1n) is 15.4. The monoisotopic (exact) mass is 527 g/mol. The van der Waals surface area contributed by atoms with E-state index in [0.717, 1.165) is 66.9 Å². The molecule has 1 aromatic carbocycles. The van der Waals surface area contributed by atoms with Gasteiger partial charge in [-0.15, -0.1) is 0 Å². The van der Waals surface area contributed by atoms with Crippen molar-refractivity contribution < 1.29 is 0 Å². The Balaban J connectivity index is 1.70. The Morgan fingerprint density at radius 3 is 2.62 bits per heavy atom. The van der Waals surface area contributed by atoms with Crippen LogP contribution in [0.25, 0.3) is 16.9 Å². The molecule has 0 aliphatic carbocycles. The number of hydrogen-bond acceptors (Lipinski definition) is 4. The summed E-state index contributed by atoms with van der Waals surface area (Å²) in [6, 6.07) is 11.3. The van der Waals surface area contributed by atoms with Crippen LogP contribution in [0.1, 0.15) is 95.8 Å². The predicted octanol–water partition coefficient (Wildman–Crippen LogP) is 7.95. The minimum absolute atomic E-state index is 0.486. The van der Waals surface area contributed by atoms with Crippen molar-refractivity contribution in [3.05, 3.63) is 70.7 Å². The van der Waals surface area contributed by atoms with Crippen molar-refractivity contribution in [3.63, 3.8) is 0 Å². The van der Waals surface area contributed by atoms with E-state index in [2.05, 4.69) is 92.0 Å². The number of nitrogens with zero attached hydrogens (tertiary/aromatic N) is 3. The first kappa shape index (κ1) is 29.1. The van der Waals surface area contributed by atoms with Crippen LogP contribution in [0.4, 0.5) is 0 Å². The third kappa shape index (κ3) is 7.00. The van der Waals surface area contributed by atoms with Crippen LogP contribution in [-0.2, 0) is 6.42 Å². The van der Waals surface area contributed by atoms with Gasteiger partial charge in [0.1, 0.15) is 5.65 Å². The third-order valence-corrected chi connectivity index (χ3v) is 8.16. The van der Waals surface area contributed by atoms with Gasteiger partial charge in [-0.2, -0.15) is 0 Å². The van der Waals surface area contributed by atoms with Crippen LogP contribution in [-0.4, -0.2) is 45.7 Å². The fourth-order valence-electron chi connectivity index (χ4n) is 5.97. The molecule has 5 nitrogen and oxygen atoms in total. The lowest BCUT2D eigenvalue weighted by Gasteiger charge is -2.33. The Kier molecular flexibility index (Phi) is 10.4. The van der Waals surface area contributed by atoms with Crippen LogP contribution in [0.3, 0.4) is 0 Å². The van der Waals surface area contributed by atoms with Gasteiger partial charge in [0.2, 0.25) is 0 Å². The van der Waals surface area contributed by atoms with E-state index in [9.17, 15) is 5.41 Å². The number of fused-ring (bicyclic) bond motifs is 1. The number of pyridine rings is 1.